The van der Waals surface area contributed by atoms with E-state index in [2.05, 4.69) is 14.3 Å². The van der Waals surface area contributed by atoms with Gasteiger partial charge in [-0.15, -0.1) is 0 Å². The van der Waals surface area contributed by atoms with E-state index >= 15 is 0 Å². The van der Waals surface area contributed by atoms with E-state index < -0.39 is 30.7 Å². The van der Waals surface area contributed by atoms with Crippen LogP contribution in [0.2, 0.25) is 0 Å². The van der Waals surface area contributed by atoms with Crippen LogP contribution in [0.3, 0.4) is 0 Å². The summed E-state index contributed by atoms with van der Waals surface area (Å²) in [6, 6.07) is 6.80. The van der Waals surface area contributed by atoms with Crippen molar-refractivity contribution in [3.63, 3.8) is 0 Å². The molecule has 0 spiro atoms. The Morgan fingerprint density at radius 3 is 2.12 bits per heavy atom. The fourth-order valence-electron chi connectivity index (χ4n) is 1.63. The lowest BCUT2D eigenvalue weighted by atomic mass is 10.1. The number of H-pyrrole nitrogens is 1. The minimum absolute atomic E-state index is 0.233. The van der Waals surface area contributed by atoms with Gasteiger partial charge in [0.15, 0.2) is 0 Å². The van der Waals surface area contributed by atoms with Gasteiger partial charge in [-0.25, -0.2) is 4.79 Å². The van der Waals surface area contributed by atoms with Crippen LogP contribution in [-0.4, -0.2) is 40.3 Å². The van der Waals surface area contributed by atoms with Gasteiger partial charge in [0.1, 0.15) is 5.56 Å². The number of hydrogen-bond donors (Lipinski definition) is 3. The van der Waals surface area contributed by atoms with E-state index in [9.17, 15) is 19.2 Å². The minimum atomic E-state index is -1.78. The van der Waals surface area contributed by atoms with Crippen molar-refractivity contribution >= 4 is 36.1 Å². The molecule has 1 heterocycles. The molecule has 1 aromatic heterocycles. The summed E-state index contributed by atoms with van der Waals surface area (Å²) < 4.78 is 8.07. The van der Waals surface area contributed by atoms with Crippen molar-refractivity contribution < 1.29 is 33.8 Å². The highest BCUT2D eigenvalue weighted by atomic mass is 16.7. The molecule has 0 aliphatic rings. The second kappa shape index (κ2) is 8.49. The van der Waals surface area contributed by atoms with Crippen LogP contribution >= 0.6 is 0 Å². The van der Waals surface area contributed by atoms with Crippen molar-refractivity contribution in [3.8, 4) is 0 Å². The number of carboxylic acids is 1. The summed E-state index contributed by atoms with van der Waals surface area (Å²) in [5, 5.41) is 17.6. The van der Waals surface area contributed by atoms with Crippen LogP contribution in [0.4, 0.5) is 0 Å². The normalized spacial score (nSPS) is 9.46. The Bertz CT molecular complexity index is 800. The molecule has 0 atom stereocenters. The highest BCUT2D eigenvalue weighted by Gasteiger charge is 2.23. The van der Waals surface area contributed by atoms with Gasteiger partial charge in [-0.2, -0.15) is 0 Å². The Kier molecular flexibility index (Phi) is 6.69. The molecule has 0 aliphatic carbocycles. The molecule has 0 bridgehead atoms. The van der Waals surface area contributed by atoms with Crippen molar-refractivity contribution in [2.75, 3.05) is 0 Å². The van der Waals surface area contributed by atoms with E-state index in [0.717, 1.165) is 13.8 Å². The van der Waals surface area contributed by atoms with Gasteiger partial charge < -0.3 is 24.4 Å². The topological polar surface area (TPSA) is 143 Å². The Hall–Kier alpha value is -3.14. The molecule has 0 aliphatic heterocycles. The van der Waals surface area contributed by atoms with E-state index in [4.69, 9.17) is 10.1 Å². The molecule has 2 rings (SSSR count). The predicted molar refractivity (Wildman–Crippen MR) is 83.0 cm³/mol. The van der Waals surface area contributed by atoms with Crippen molar-refractivity contribution in [2.24, 2.45) is 0 Å². The predicted octanol–water partition coefficient (Wildman–Crippen LogP) is 0.316. The summed E-state index contributed by atoms with van der Waals surface area (Å²) in [6.45, 7) is 2.18. The van der Waals surface area contributed by atoms with Gasteiger partial charge in [0, 0.05) is 30.9 Å². The molecule has 0 amide bonds. The average Bonchev–Trinajstić information content (AvgIpc) is 2.46. The van der Waals surface area contributed by atoms with Gasteiger partial charge in [0.2, 0.25) is 5.43 Å². The summed E-state index contributed by atoms with van der Waals surface area (Å²) in [5.74, 6) is -2.64. The monoisotopic (exact) mass is 335 g/mol. The fraction of sp³-hybridized carbons (Fsp3) is 0.143. The second-order valence-corrected chi connectivity index (χ2v) is 4.41. The molecular weight excluding hydrogens is 321 g/mol. The van der Waals surface area contributed by atoms with Crippen LogP contribution in [0.15, 0.2) is 35.3 Å². The van der Waals surface area contributed by atoms with Crippen molar-refractivity contribution in [1.82, 2.24) is 4.98 Å². The van der Waals surface area contributed by atoms with E-state index in [1.165, 1.54) is 6.20 Å². The van der Waals surface area contributed by atoms with Gasteiger partial charge in [0.05, 0.1) is 0 Å². The number of pyridine rings is 1. The van der Waals surface area contributed by atoms with Crippen molar-refractivity contribution in [2.45, 2.75) is 13.8 Å². The number of para-hydroxylation sites is 1. The highest BCUT2D eigenvalue weighted by Crippen LogP contribution is 2.06. The lowest BCUT2D eigenvalue weighted by Crippen LogP contribution is -2.27. The number of carbonyl (C=O) groups is 3. The standard InChI is InChI=1S/C10H7NO3.C4H7BO5/c12-9-6-3-1-2-4-8(6)11-5-7(9)10(13)14;1-3(6)9-5(8)10-4(2)7/h1-5H,(H,11,12)(H,13,14);8H,1-2H3. The molecule has 126 valence electrons. The summed E-state index contributed by atoms with van der Waals surface area (Å²) in [6.07, 6.45) is 1.22. The number of aromatic nitrogens is 1. The lowest BCUT2D eigenvalue weighted by molar-refractivity contribution is -0.139. The zero-order valence-corrected chi connectivity index (χ0v) is 12.8. The number of aromatic amines is 1. The first-order valence-electron chi connectivity index (χ1n) is 6.58. The maximum Gasteiger partial charge on any atom is 0.789 e. The number of carbonyl (C=O) groups excluding carboxylic acids is 2. The van der Waals surface area contributed by atoms with Crippen LogP contribution in [0.1, 0.15) is 24.2 Å². The molecule has 0 unspecified atom stereocenters. The van der Waals surface area contributed by atoms with Gasteiger partial charge >= 0.3 is 13.3 Å². The van der Waals surface area contributed by atoms with E-state index in [1.54, 1.807) is 24.3 Å². The SMILES string of the molecule is CC(=O)OB(O)OC(C)=O.O=C(O)c1c[nH]c2ccccc2c1=O. The minimum Gasteiger partial charge on any atom is -0.477 e. The molecule has 0 saturated heterocycles. The smallest absolute Gasteiger partial charge is 0.477 e. The Morgan fingerprint density at radius 1 is 1.08 bits per heavy atom. The first-order valence-corrected chi connectivity index (χ1v) is 6.58. The Morgan fingerprint density at radius 2 is 1.62 bits per heavy atom. The first kappa shape index (κ1) is 18.9. The molecule has 0 radical (unpaired) electrons. The molecule has 3 N–H and O–H groups in total. The zero-order valence-electron chi connectivity index (χ0n) is 12.8. The van der Waals surface area contributed by atoms with Gasteiger partial charge in [0.25, 0.3) is 11.9 Å². The number of nitrogens with one attached hydrogen (secondary N) is 1. The quantitative estimate of drug-likeness (QED) is 0.680. The van der Waals surface area contributed by atoms with E-state index in [0.29, 0.717) is 10.9 Å². The average molecular weight is 335 g/mol. The van der Waals surface area contributed by atoms with E-state index in [1.807, 2.05) is 0 Å². The number of aromatic carboxylic acids is 1. The zero-order chi connectivity index (χ0) is 18.3. The van der Waals surface area contributed by atoms with Crippen LogP contribution in [0, 0.1) is 0 Å². The summed E-state index contributed by atoms with van der Waals surface area (Å²) in [7, 11) is -1.78. The van der Waals surface area contributed by atoms with Crippen molar-refractivity contribution in [3.05, 3.63) is 46.2 Å². The highest BCUT2D eigenvalue weighted by molar-refractivity contribution is 6.39. The second-order valence-electron chi connectivity index (χ2n) is 4.41. The van der Waals surface area contributed by atoms with Gasteiger partial charge in [-0.3, -0.25) is 14.4 Å². The van der Waals surface area contributed by atoms with Crippen LogP contribution < -0.4 is 5.43 Å². The Labute approximate surface area is 136 Å². The third kappa shape index (κ3) is 5.57. The van der Waals surface area contributed by atoms with Gasteiger partial charge in [-0.1, -0.05) is 12.1 Å². The molecule has 0 saturated carbocycles. The Balaban J connectivity index is 0.000000257. The molecule has 9 nitrogen and oxygen atoms in total. The number of rotatable bonds is 3. The third-order valence-corrected chi connectivity index (χ3v) is 2.55. The van der Waals surface area contributed by atoms with Crippen LogP contribution in [-0.2, 0) is 18.9 Å². The lowest BCUT2D eigenvalue weighted by Gasteiger charge is -2.02. The summed E-state index contributed by atoms with van der Waals surface area (Å²) >= 11 is 0. The summed E-state index contributed by atoms with van der Waals surface area (Å²) in [5.41, 5.74) is -0.0435. The third-order valence-electron chi connectivity index (χ3n) is 2.55. The molecule has 10 heteroatoms. The fourth-order valence-corrected chi connectivity index (χ4v) is 1.63. The number of benzene rings is 1. The molecular formula is C14H14BNO8. The number of hydrogen-bond acceptors (Lipinski definition) is 7. The molecule has 24 heavy (non-hydrogen) atoms. The van der Waals surface area contributed by atoms with E-state index in [-0.39, 0.29) is 5.56 Å². The number of carboxylic acid groups (broad SMARTS) is 1. The maximum absolute atomic E-state index is 11.6. The number of fused-ring (bicyclic) bond motifs is 1. The molecule has 0 fully saturated rings. The van der Waals surface area contributed by atoms with Crippen molar-refractivity contribution in [1.29, 1.82) is 0 Å². The van der Waals surface area contributed by atoms with Gasteiger partial charge in [-0.05, 0) is 12.1 Å². The van der Waals surface area contributed by atoms with Crippen LogP contribution in [0.5, 0.6) is 0 Å². The maximum atomic E-state index is 11.6. The molecule has 2 aromatic rings. The molecule has 1 aromatic carbocycles. The first-order chi connectivity index (χ1) is 11.2. The van der Waals surface area contributed by atoms with Crippen LogP contribution in [0.25, 0.3) is 10.9 Å². The largest absolute Gasteiger partial charge is 0.789 e. The summed E-state index contributed by atoms with van der Waals surface area (Å²) in [4.78, 5) is 45.1.